The molecule has 0 bridgehead atoms. The van der Waals surface area contributed by atoms with Crippen molar-refractivity contribution in [2.24, 2.45) is 0 Å². The van der Waals surface area contributed by atoms with Crippen molar-refractivity contribution >= 4 is 12.0 Å². The average molecular weight is 272 g/mol. The quantitative estimate of drug-likeness (QED) is 0.596. The molecule has 5 heteroatoms. The van der Waals surface area contributed by atoms with E-state index in [1.807, 2.05) is 0 Å². The molecule has 0 unspecified atom stereocenters. The van der Waals surface area contributed by atoms with Gasteiger partial charge in [0, 0.05) is 13.5 Å². The van der Waals surface area contributed by atoms with Gasteiger partial charge in [-0.15, -0.1) is 0 Å². The van der Waals surface area contributed by atoms with Gasteiger partial charge < -0.3 is 4.74 Å². The molecule has 0 atom stereocenters. The summed E-state index contributed by atoms with van der Waals surface area (Å²) in [7, 11) is 1.54. The van der Waals surface area contributed by atoms with Crippen molar-refractivity contribution in [1.29, 1.82) is 0 Å². The van der Waals surface area contributed by atoms with Gasteiger partial charge in [0.15, 0.2) is 0 Å². The molecular formula is C14H28N2O3. The molecule has 0 saturated carbocycles. The van der Waals surface area contributed by atoms with E-state index in [0.29, 0.717) is 6.42 Å². The molecule has 0 spiro atoms. The Balaban J connectivity index is 3.84. The molecule has 2 amide bonds. The molecule has 0 fully saturated rings. The Morgan fingerprint density at radius 2 is 1.68 bits per heavy atom. The van der Waals surface area contributed by atoms with Gasteiger partial charge in [0.05, 0.1) is 0 Å². The number of amides is 2. The van der Waals surface area contributed by atoms with Gasteiger partial charge in [-0.2, -0.15) is 0 Å². The number of hydrogen-bond donors (Lipinski definition) is 1. The van der Waals surface area contributed by atoms with Gasteiger partial charge in [0.1, 0.15) is 5.60 Å². The summed E-state index contributed by atoms with van der Waals surface area (Å²) < 4.78 is 5.07. The Bertz CT molecular complexity index is 285. The van der Waals surface area contributed by atoms with Gasteiger partial charge in [-0.3, -0.25) is 9.80 Å². The molecule has 112 valence electrons. The molecule has 0 radical (unpaired) electrons. The van der Waals surface area contributed by atoms with Crippen molar-refractivity contribution in [3.8, 4) is 0 Å². The van der Waals surface area contributed by atoms with E-state index < -0.39 is 11.7 Å². The first-order valence-corrected chi connectivity index (χ1v) is 7.02. The lowest BCUT2D eigenvalue weighted by Crippen LogP contribution is -2.45. The number of nitrogens with zero attached hydrogens (tertiary/aromatic N) is 1. The van der Waals surface area contributed by atoms with Crippen molar-refractivity contribution in [1.82, 2.24) is 10.4 Å². The van der Waals surface area contributed by atoms with Gasteiger partial charge in [0.25, 0.3) is 0 Å². The first-order valence-electron chi connectivity index (χ1n) is 7.02. The van der Waals surface area contributed by atoms with Crippen LogP contribution in [0, 0.1) is 0 Å². The molecule has 0 aliphatic carbocycles. The molecule has 0 aromatic carbocycles. The maximum absolute atomic E-state index is 11.7. The minimum Gasteiger partial charge on any atom is -0.443 e. The molecule has 1 N–H and O–H groups in total. The predicted molar refractivity (Wildman–Crippen MR) is 75.5 cm³/mol. The highest BCUT2D eigenvalue weighted by Gasteiger charge is 2.18. The van der Waals surface area contributed by atoms with Crippen LogP contribution in [0.3, 0.4) is 0 Å². The normalized spacial score (nSPS) is 11.0. The Morgan fingerprint density at radius 3 is 2.21 bits per heavy atom. The van der Waals surface area contributed by atoms with E-state index in [1.54, 1.807) is 20.8 Å². The number of unbranched alkanes of at least 4 members (excludes halogenated alkanes) is 4. The molecule has 0 aliphatic heterocycles. The third-order valence-corrected chi connectivity index (χ3v) is 2.53. The largest absolute Gasteiger partial charge is 0.443 e. The second-order valence-electron chi connectivity index (χ2n) is 5.73. The van der Waals surface area contributed by atoms with Gasteiger partial charge in [0.2, 0.25) is 5.91 Å². The van der Waals surface area contributed by atoms with E-state index in [1.165, 1.54) is 24.9 Å². The fourth-order valence-electron chi connectivity index (χ4n) is 1.55. The molecule has 0 aromatic heterocycles. The number of ether oxygens (including phenoxy) is 1. The van der Waals surface area contributed by atoms with Gasteiger partial charge in [-0.05, 0) is 27.2 Å². The average Bonchev–Trinajstić information content (AvgIpc) is 2.25. The summed E-state index contributed by atoms with van der Waals surface area (Å²) in [5.74, 6) is -0.0950. The van der Waals surface area contributed by atoms with Crippen LogP contribution in [0.15, 0.2) is 0 Å². The third-order valence-electron chi connectivity index (χ3n) is 2.53. The number of carbonyl (C=O) groups is 2. The minimum absolute atomic E-state index is 0.0950. The zero-order valence-corrected chi connectivity index (χ0v) is 12.9. The molecule has 0 aliphatic rings. The van der Waals surface area contributed by atoms with Gasteiger partial charge in [-0.25, -0.2) is 10.2 Å². The van der Waals surface area contributed by atoms with Crippen molar-refractivity contribution < 1.29 is 14.3 Å². The molecule has 19 heavy (non-hydrogen) atoms. The standard InChI is InChI=1S/C14H28N2O3/c1-6-7-8-9-10-11-12(17)16(5)15-13(18)19-14(2,3)4/h6-11H2,1-5H3,(H,15,18). The van der Waals surface area contributed by atoms with Crippen LogP contribution in [0.1, 0.15) is 66.2 Å². The second-order valence-corrected chi connectivity index (χ2v) is 5.73. The monoisotopic (exact) mass is 272 g/mol. The summed E-state index contributed by atoms with van der Waals surface area (Å²) in [6.45, 7) is 7.50. The number of carbonyl (C=O) groups excluding carboxylic acids is 2. The summed E-state index contributed by atoms with van der Waals surface area (Å²) in [5.41, 5.74) is 1.85. The first kappa shape index (κ1) is 17.7. The fourth-order valence-corrected chi connectivity index (χ4v) is 1.55. The van der Waals surface area contributed by atoms with E-state index >= 15 is 0 Å². The molecular weight excluding hydrogens is 244 g/mol. The summed E-state index contributed by atoms with van der Waals surface area (Å²) >= 11 is 0. The lowest BCUT2D eigenvalue weighted by Gasteiger charge is -2.23. The SMILES string of the molecule is CCCCCCCC(=O)N(C)NC(=O)OC(C)(C)C. The van der Waals surface area contributed by atoms with Crippen LogP contribution in [0.4, 0.5) is 4.79 Å². The molecule has 0 aromatic rings. The second kappa shape index (κ2) is 8.77. The smallest absolute Gasteiger partial charge is 0.426 e. The molecule has 0 heterocycles. The highest BCUT2D eigenvalue weighted by Crippen LogP contribution is 2.08. The topological polar surface area (TPSA) is 58.6 Å². The van der Waals surface area contributed by atoms with Crippen molar-refractivity contribution in [3.63, 3.8) is 0 Å². The Labute approximate surface area is 116 Å². The summed E-state index contributed by atoms with van der Waals surface area (Å²) in [4.78, 5) is 23.2. The number of hydrazine groups is 1. The lowest BCUT2D eigenvalue weighted by atomic mass is 10.1. The number of rotatable bonds is 6. The van der Waals surface area contributed by atoms with Crippen LogP contribution < -0.4 is 5.43 Å². The van der Waals surface area contributed by atoms with E-state index in [4.69, 9.17) is 4.74 Å². The van der Waals surface area contributed by atoms with E-state index in [0.717, 1.165) is 19.3 Å². The van der Waals surface area contributed by atoms with Crippen LogP contribution in [0.2, 0.25) is 0 Å². The van der Waals surface area contributed by atoms with Crippen LogP contribution in [0.5, 0.6) is 0 Å². The maximum Gasteiger partial charge on any atom is 0.426 e. The molecule has 0 saturated heterocycles. The Morgan fingerprint density at radius 1 is 1.11 bits per heavy atom. The lowest BCUT2D eigenvalue weighted by molar-refractivity contribution is -0.132. The first-order chi connectivity index (χ1) is 8.76. The van der Waals surface area contributed by atoms with Gasteiger partial charge >= 0.3 is 6.09 Å². The molecule has 0 rings (SSSR count). The van der Waals surface area contributed by atoms with E-state index in [2.05, 4.69) is 12.3 Å². The highest BCUT2D eigenvalue weighted by atomic mass is 16.6. The zero-order chi connectivity index (χ0) is 14.9. The fraction of sp³-hybridized carbons (Fsp3) is 0.857. The van der Waals surface area contributed by atoms with Crippen molar-refractivity contribution in [2.45, 2.75) is 71.8 Å². The third kappa shape index (κ3) is 10.4. The van der Waals surface area contributed by atoms with E-state index in [9.17, 15) is 9.59 Å². The van der Waals surface area contributed by atoms with Crippen molar-refractivity contribution in [2.75, 3.05) is 7.05 Å². The van der Waals surface area contributed by atoms with Crippen LogP contribution >= 0.6 is 0 Å². The highest BCUT2D eigenvalue weighted by molar-refractivity contribution is 5.79. The predicted octanol–water partition coefficient (Wildman–Crippen LogP) is 3.25. The summed E-state index contributed by atoms with van der Waals surface area (Å²) in [6.07, 6.45) is 5.32. The Hall–Kier alpha value is -1.26. The number of nitrogens with one attached hydrogen (secondary N) is 1. The Kier molecular flexibility index (Phi) is 8.19. The van der Waals surface area contributed by atoms with E-state index in [-0.39, 0.29) is 5.91 Å². The maximum atomic E-state index is 11.7. The van der Waals surface area contributed by atoms with Crippen LogP contribution in [0.25, 0.3) is 0 Å². The summed E-state index contributed by atoms with van der Waals surface area (Å²) in [6, 6.07) is 0. The van der Waals surface area contributed by atoms with Crippen LogP contribution in [-0.2, 0) is 9.53 Å². The zero-order valence-electron chi connectivity index (χ0n) is 12.9. The van der Waals surface area contributed by atoms with Crippen molar-refractivity contribution in [3.05, 3.63) is 0 Å². The minimum atomic E-state index is -0.602. The van der Waals surface area contributed by atoms with Crippen LogP contribution in [-0.4, -0.2) is 29.7 Å². The summed E-state index contributed by atoms with van der Waals surface area (Å²) in [5, 5.41) is 1.20. The molecule has 5 nitrogen and oxygen atoms in total. The number of hydrogen-bond acceptors (Lipinski definition) is 3. The van der Waals surface area contributed by atoms with Gasteiger partial charge in [-0.1, -0.05) is 32.6 Å².